The number of hydrogen-bond donors (Lipinski definition) is 1. The molecule has 2 aromatic carbocycles. The van der Waals surface area contributed by atoms with Gasteiger partial charge in [-0.15, -0.1) is 0 Å². The van der Waals surface area contributed by atoms with Crippen molar-refractivity contribution in [3.8, 4) is 0 Å². The van der Waals surface area contributed by atoms with Gasteiger partial charge in [0.25, 0.3) is 0 Å². The van der Waals surface area contributed by atoms with Crippen LogP contribution in [0.4, 0.5) is 0 Å². The molecule has 0 atom stereocenters. The van der Waals surface area contributed by atoms with Gasteiger partial charge in [-0.1, -0.05) is 36.4 Å². The fraction of sp³-hybridized carbons (Fsp3) is 0.500. The number of likely N-dealkylation sites (tertiary alicyclic amines) is 1. The number of hydrogen-bond acceptors (Lipinski definition) is 3. The third-order valence-corrected chi connectivity index (χ3v) is 6.05. The van der Waals surface area contributed by atoms with E-state index in [9.17, 15) is 4.79 Å². The maximum absolute atomic E-state index is 12.4. The van der Waals surface area contributed by atoms with Gasteiger partial charge in [-0.05, 0) is 42.2 Å². The van der Waals surface area contributed by atoms with E-state index in [1.807, 2.05) is 4.90 Å². The number of aliphatic imine (C=N–C) groups is 1. The summed E-state index contributed by atoms with van der Waals surface area (Å²) in [5.41, 5.74) is 1.22. The third-order valence-electron chi connectivity index (χ3n) is 6.05. The molecule has 2 aromatic rings. The summed E-state index contributed by atoms with van der Waals surface area (Å²) in [6, 6.07) is 15.0. The average Bonchev–Trinajstić information content (AvgIpc) is 3.32. The monoisotopic (exact) mass is 407 g/mol. The van der Waals surface area contributed by atoms with Gasteiger partial charge in [0.2, 0.25) is 5.91 Å². The first kappa shape index (κ1) is 20.7. The number of guanidine groups is 1. The second-order valence-corrected chi connectivity index (χ2v) is 8.20. The van der Waals surface area contributed by atoms with Crippen molar-refractivity contribution in [3.05, 3.63) is 48.0 Å². The van der Waals surface area contributed by atoms with E-state index in [1.54, 1.807) is 0 Å². The zero-order chi connectivity index (χ0) is 20.8. The second-order valence-electron chi connectivity index (χ2n) is 8.20. The van der Waals surface area contributed by atoms with E-state index in [0.29, 0.717) is 13.1 Å². The predicted molar refractivity (Wildman–Crippen MR) is 123 cm³/mol. The number of carbonyl (C=O) groups is 1. The minimum Gasteiger partial charge on any atom is -0.357 e. The molecule has 0 aliphatic carbocycles. The van der Waals surface area contributed by atoms with Crippen molar-refractivity contribution < 1.29 is 4.79 Å². The summed E-state index contributed by atoms with van der Waals surface area (Å²) >= 11 is 0. The molecule has 2 aliphatic heterocycles. The van der Waals surface area contributed by atoms with E-state index in [2.05, 4.69) is 64.5 Å². The number of amides is 1. The first-order chi connectivity index (χ1) is 14.7. The Balaban J connectivity index is 1.34. The highest BCUT2D eigenvalue weighted by atomic mass is 16.2. The zero-order valence-corrected chi connectivity index (χ0v) is 18.0. The molecule has 4 rings (SSSR count). The smallest absolute Gasteiger partial charge is 0.236 e. The summed E-state index contributed by atoms with van der Waals surface area (Å²) < 4.78 is 0. The molecule has 160 valence electrons. The summed E-state index contributed by atoms with van der Waals surface area (Å²) in [4.78, 5) is 23.9. The number of piperazine rings is 1. The summed E-state index contributed by atoms with van der Waals surface area (Å²) in [6.45, 7) is 9.66. The summed E-state index contributed by atoms with van der Waals surface area (Å²) in [7, 11) is 0. The molecular formula is C24H33N5O. The summed E-state index contributed by atoms with van der Waals surface area (Å²) in [5, 5.41) is 5.96. The van der Waals surface area contributed by atoms with Crippen molar-refractivity contribution in [2.45, 2.75) is 26.3 Å². The number of rotatable bonds is 5. The van der Waals surface area contributed by atoms with Crippen LogP contribution >= 0.6 is 0 Å². The number of carbonyl (C=O) groups excluding carboxylic acids is 1. The fourth-order valence-electron chi connectivity index (χ4n) is 4.30. The normalized spacial score (nSPS) is 18.2. The Kier molecular flexibility index (Phi) is 6.84. The zero-order valence-electron chi connectivity index (χ0n) is 18.0. The van der Waals surface area contributed by atoms with Crippen LogP contribution in [-0.2, 0) is 11.3 Å². The van der Waals surface area contributed by atoms with Crippen LogP contribution in [-0.4, -0.2) is 78.9 Å². The van der Waals surface area contributed by atoms with E-state index >= 15 is 0 Å². The van der Waals surface area contributed by atoms with Crippen molar-refractivity contribution in [2.75, 3.05) is 52.4 Å². The number of nitrogens with zero attached hydrogens (tertiary/aromatic N) is 4. The van der Waals surface area contributed by atoms with Gasteiger partial charge in [0.05, 0.1) is 13.1 Å². The van der Waals surface area contributed by atoms with Gasteiger partial charge in [-0.3, -0.25) is 9.69 Å². The molecule has 0 radical (unpaired) electrons. The van der Waals surface area contributed by atoms with Gasteiger partial charge in [-0.2, -0.15) is 0 Å². The Morgan fingerprint density at radius 1 is 0.933 bits per heavy atom. The highest BCUT2D eigenvalue weighted by Crippen LogP contribution is 2.16. The van der Waals surface area contributed by atoms with Crippen LogP contribution in [0.2, 0.25) is 0 Å². The van der Waals surface area contributed by atoms with E-state index < -0.39 is 0 Å². The number of benzene rings is 2. The minimum atomic E-state index is 0.290. The van der Waals surface area contributed by atoms with Crippen LogP contribution in [0.3, 0.4) is 0 Å². The molecule has 6 heteroatoms. The van der Waals surface area contributed by atoms with Crippen molar-refractivity contribution in [1.82, 2.24) is 20.0 Å². The lowest BCUT2D eigenvalue weighted by Crippen LogP contribution is -2.54. The van der Waals surface area contributed by atoms with Crippen molar-refractivity contribution in [1.29, 1.82) is 0 Å². The van der Waals surface area contributed by atoms with Crippen molar-refractivity contribution in [2.24, 2.45) is 4.99 Å². The minimum absolute atomic E-state index is 0.290. The standard InChI is InChI=1S/C24H33N5O/c1-2-25-24(26-18-20-9-10-21-7-3-4-8-22(21)17-20)29-15-13-27(14-16-29)19-23(30)28-11-5-6-12-28/h3-4,7-10,17H,2,5-6,11-16,18-19H2,1H3,(H,25,26). The molecule has 0 bridgehead atoms. The molecule has 2 aliphatic rings. The first-order valence-corrected chi connectivity index (χ1v) is 11.2. The Labute approximate surface area is 179 Å². The maximum atomic E-state index is 12.4. The van der Waals surface area contributed by atoms with Crippen LogP contribution in [0.15, 0.2) is 47.5 Å². The van der Waals surface area contributed by atoms with E-state index in [-0.39, 0.29) is 5.91 Å². The van der Waals surface area contributed by atoms with Gasteiger partial charge in [-0.25, -0.2) is 4.99 Å². The van der Waals surface area contributed by atoms with Gasteiger partial charge in [0.1, 0.15) is 0 Å². The molecule has 2 fully saturated rings. The molecule has 0 unspecified atom stereocenters. The molecule has 0 saturated carbocycles. The molecule has 1 amide bonds. The largest absolute Gasteiger partial charge is 0.357 e. The lowest BCUT2D eigenvalue weighted by molar-refractivity contribution is -0.131. The summed E-state index contributed by atoms with van der Waals surface area (Å²) in [5.74, 6) is 1.26. The van der Waals surface area contributed by atoms with Gasteiger partial charge < -0.3 is 15.1 Å². The lowest BCUT2D eigenvalue weighted by Gasteiger charge is -2.36. The predicted octanol–water partition coefficient (Wildman–Crippen LogP) is 2.55. The second kappa shape index (κ2) is 9.94. The topological polar surface area (TPSA) is 51.2 Å². The van der Waals surface area contributed by atoms with Crippen LogP contribution < -0.4 is 5.32 Å². The lowest BCUT2D eigenvalue weighted by atomic mass is 10.1. The third kappa shape index (κ3) is 5.11. The van der Waals surface area contributed by atoms with E-state index in [0.717, 1.165) is 64.6 Å². The average molecular weight is 408 g/mol. The first-order valence-electron chi connectivity index (χ1n) is 11.2. The Morgan fingerprint density at radius 2 is 1.67 bits per heavy atom. The molecule has 6 nitrogen and oxygen atoms in total. The Bertz CT molecular complexity index is 882. The molecule has 0 spiro atoms. The molecule has 2 saturated heterocycles. The van der Waals surface area contributed by atoms with Crippen LogP contribution in [0.25, 0.3) is 10.8 Å². The quantitative estimate of drug-likeness (QED) is 0.611. The molecule has 0 aromatic heterocycles. The van der Waals surface area contributed by atoms with Crippen LogP contribution in [0.1, 0.15) is 25.3 Å². The highest BCUT2D eigenvalue weighted by molar-refractivity contribution is 5.83. The van der Waals surface area contributed by atoms with Crippen LogP contribution in [0.5, 0.6) is 0 Å². The molecular weight excluding hydrogens is 374 g/mol. The molecule has 30 heavy (non-hydrogen) atoms. The van der Waals surface area contributed by atoms with Crippen molar-refractivity contribution >= 4 is 22.6 Å². The summed E-state index contributed by atoms with van der Waals surface area (Å²) in [6.07, 6.45) is 2.30. The number of fused-ring (bicyclic) bond motifs is 1. The number of nitrogens with one attached hydrogen (secondary N) is 1. The Morgan fingerprint density at radius 3 is 2.40 bits per heavy atom. The molecule has 1 N–H and O–H groups in total. The van der Waals surface area contributed by atoms with Gasteiger partial charge in [0, 0.05) is 45.8 Å². The van der Waals surface area contributed by atoms with Gasteiger partial charge >= 0.3 is 0 Å². The Hall–Kier alpha value is -2.60. The van der Waals surface area contributed by atoms with Gasteiger partial charge in [0.15, 0.2) is 5.96 Å². The maximum Gasteiger partial charge on any atom is 0.236 e. The SMILES string of the molecule is CCNC(=NCc1ccc2ccccc2c1)N1CCN(CC(=O)N2CCCC2)CC1. The van der Waals surface area contributed by atoms with E-state index in [1.165, 1.54) is 16.3 Å². The molecule has 2 heterocycles. The van der Waals surface area contributed by atoms with Crippen molar-refractivity contribution in [3.63, 3.8) is 0 Å². The highest BCUT2D eigenvalue weighted by Gasteiger charge is 2.24. The van der Waals surface area contributed by atoms with Crippen LogP contribution in [0, 0.1) is 0 Å². The van der Waals surface area contributed by atoms with E-state index in [4.69, 9.17) is 4.99 Å². The fourth-order valence-corrected chi connectivity index (χ4v) is 4.30.